The molecule has 0 aromatic carbocycles. The lowest BCUT2D eigenvalue weighted by molar-refractivity contribution is 0.190. The zero-order valence-electron chi connectivity index (χ0n) is 11.0. The number of nitrogens with one attached hydrogen (secondary N) is 1. The number of hydrogen-bond acceptors (Lipinski definition) is 4. The van der Waals surface area contributed by atoms with Crippen LogP contribution in [0.5, 0.6) is 0 Å². The van der Waals surface area contributed by atoms with Crippen LogP contribution in [0.3, 0.4) is 0 Å². The zero-order valence-corrected chi connectivity index (χ0v) is 11.8. The van der Waals surface area contributed by atoms with Crippen molar-refractivity contribution < 1.29 is 13.5 Å². The Morgan fingerprint density at radius 1 is 1.39 bits per heavy atom. The van der Waals surface area contributed by atoms with E-state index in [2.05, 4.69) is 5.32 Å². The molecule has 0 saturated carbocycles. The first kappa shape index (κ1) is 14.2. The maximum Gasteiger partial charge on any atom is 0.214 e. The molecule has 3 atom stereocenters. The molecule has 2 aliphatic heterocycles. The van der Waals surface area contributed by atoms with Gasteiger partial charge in [0, 0.05) is 6.54 Å². The second-order valence-electron chi connectivity index (χ2n) is 5.62. The van der Waals surface area contributed by atoms with Gasteiger partial charge in [0.1, 0.15) is 0 Å². The summed E-state index contributed by atoms with van der Waals surface area (Å²) in [7, 11) is -3.22. The quantitative estimate of drug-likeness (QED) is 0.759. The Morgan fingerprint density at radius 3 is 2.78 bits per heavy atom. The highest BCUT2D eigenvalue weighted by Crippen LogP contribution is 2.28. The molecule has 6 heteroatoms. The van der Waals surface area contributed by atoms with E-state index in [-0.39, 0.29) is 30.2 Å². The van der Waals surface area contributed by atoms with Gasteiger partial charge in [0.15, 0.2) is 0 Å². The molecule has 0 amide bonds. The van der Waals surface area contributed by atoms with Crippen LogP contribution in [-0.4, -0.2) is 55.9 Å². The summed E-state index contributed by atoms with van der Waals surface area (Å²) in [5, 5.41) is 12.6. The van der Waals surface area contributed by atoms with E-state index in [4.69, 9.17) is 0 Å². The lowest BCUT2D eigenvalue weighted by Gasteiger charge is -2.28. The molecule has 2 rings (SSSR count). The molecule has 2 heterocycles. The standard InChI is InChI=1S/C12H24N2O3S/c1-10-4-6-14(12(10)8-15)18(16,17)9-11-3-2-5-13-7-11/h10-13,15H,2-9H2,1H3. The first-order valence-electron chi connectivity index (χ1n) is 6.85. The summed E-state index contributed by atoms with van der Waals surface area (Å²) >= 11 is 0. The molecule has 2 saturated heterocycles. The molecule has 5 nitrogen and oxygen atoms in total. The van der Waals surface area contributed by atoms with E-state index in [1.54, 1.807) is 0 Å². The molecule has 2 fully saturated rings. The number of piperidine rings is 1. The fraction of sp³-hybridized carbons (Fsp3) is 1.00. The molecular formula is C12H24N2O3S. The topological polar surface area (TPSA) is 69.6 Å². The van der Waals surface area contributed by atoms with Crippen LogP contribution in [0.15, 0.2) is 0 Å². The Kier molecular flexibility index (Phi) is 4.64. The number of aliphatic hydroxyl groups is 1. The summed E-state index contributed by atoms with van der Waals surface area (Å²) < 4.78 is 26.3. The van der Waals surface area contributed by atoms with Gasteiger partial charge >= 0.3 is 0 Å². The Morgan fingerprint density at radius 2 is 2.17 bits per heavy atom. The Bertz CT molecular complexity index is 366. The summed E-state index contributed by atoms with van der Waals surface area (Å²) in [5.74, 6) is 0.705. The van der Waals surface area contributed by atoms with Gasteiger partial charge in [0.2, 0.25) is 10.0 Å². The highest BCUT2D eigenvalue weighted by atomic mass is 32.2. The largest absolute Gasteiger partial charge is 0.395 e. The van der Waals surface area contributed by atoms with Crippen LogP contribution in [-0.2, 0) is 10.0 Å². The van der Waals surface area contributed by atoms with Crippen molar-refractivity contribution in [1.82, 2.24) is 9.62 Å². The Labute approximate surface area is 110 Å². The number of aliphatic hydroxyl groups excluding tert-OH is 1. The molecule has 3 unspecified atom stereocenters. The maximum absolute atomic E-state index is 12.4. The van der Waals surface area contributed by atoms with Crippen LogP contribution < -0.4 is 5.32 Å². The number of rotatable bonds is 4. The van der Waals surface area contributed by atoms with Crippen LogP contribution in [0.4, 0.5) is 0 Å². The average molecular weight is 276 g/mol. The Hall–Kier alpha value is -0.170. The minimum Gasteiger partial charge on any atom is -0.395 e. The number of hydrogen-bond donors (Lipinski definition) is 2. The maximum atomic E-state index is 12.4. The van der Waals surface area contributed by atoms with Gasteiger partial charge in [-0.2, -0.15) is 4.31 Å². The fourth-order valence-corrected chi connectivity index (χ4v) is 5.19. The molecule has 0 aromatic rings. The first-order valence-corrected chi connectivity index (χ1v) is 8.46. The third-order valence-electron chi connectivity index (χ3n) is 4.22. The van der Waals surface area contributed by atoms with Gasteiger partial charge in [-0.1, -0.05) is 6.92 Å². The second kappa shape index (κ2) is 5.86. The highest BCUT2D eigenvalue weighted by molar-refractivity contribution is 7.89. The lowest BCUT2D eigenvalue weighted by atomic mass is 10.0. The van der Waals surface area contributed by atoms with Crippen molar-refractivity contribution in [3.05, 3.63) is 0 Å². The van der Waals surface area contributed by atoms with Gasteiger partial charge in [-0.05, 0) is 44.2 Å². The smallest absolute Gasteiger partial charge is 0.214 e. The van der Waals surface area contributed by atoms with Gasteiger partial charge in [0.25, 0.3) is 0 Å². The number of nitrogens with zero attached hydrogens (tertiary/aromatic N) is 1. The first-order chi connectivity index (χ1) is 8.54. The SMILES string of the molecule is CC1CCN(S(=O)(=O)CC2CCCNC2)C1CO. The minimum atomic E-state index is -3.22. The number of sulfonamides is 1. The summed E-state index contributed by atoms with van der Waals surface area (Å²) in [6.07, 6.45) is 2.90. The van der Waals surface area contributed by atoms with Gasteiger partial charge in [-0.3, -0.25) is 0 Å². The van der Waals surface area contributed by atoms with E-state index in [0.29, 0.717) is 6.54 Å². The van der Waals surface area contributed by atoms with Crippen molar-refractivity contribution in [2.75, 3.05) is 32.0 Å². The van der Waals surface area contributed by atoms with Crippen LogP contribution in [0.1, 0.15) is 26.2 Å². The third kappa shape index (κ3) is 3.04. The normalized spacial score (nSPS) is 34.9. The van der Waals surface area contributed by atoms with E-state index in [0.717, 1.165) is 32.4 Å². The van der Waals surface area contributed by atoms with E-state index in [1.165, 1.54) is 4.31 Å². The minimum absolute atomic E-state index is 0.0662. The van der Waals surface area contributed by atoms with Crippen molar-refractivity contribution in [2.45, 2.75) is 32.2 Å². The molecule has 18 heavy (non-hydrogen) atoms. The van der Waals surface area contributed by atoms with E-state index < -0.39 is 10.0 Å². The van der Waals surface area contributed by atoms with Crippen molar-refractivity contribution in [2.24, 2.45) is 11.8 Å². The molecule has 106 valence electrons. The van der Waals surface area contributed by atoms with Crippen molar-refractivity contribution in [3.63, 3.8) is 0 Å². The lowest BCUT2D eigenvalue weighted by Crippen LogP contribution is -2.44. The molecular weight excluding hydrogens is 252 g/mol. The molecule has 0 spiro atoms. The third-order valence-corrected chi connectivity index (χ3v) is 6.28. The van der Waals surface area contributed by atoms with Crippen molar-refractivity contribution >= 4 is 10.0 Å². The van der Waals surface area contributed by atoms with Gasteiger partial charge in [0.05, 0.1) is 18.4 Å². The molecule has 0 aromatic heterocycles. The highest BCUT2D eigenvalue weighted by Gasteiger charge is 2.39. The Balaban J connectivity index is 2.01. The summed E-state index contributed by atoms with van der Waals surface area (Å²) in [6, 6.07) is -0.216. The second-order valence-corrected chi connectivity index (χ2v) is 7.58. The van der Waals surface area contributed by atoms with Gasteiger partial charge in [-0.15, -0.1) is 0 Å². The zero-order chi connectivity index (χ0) is 13.2. The van der Waals surface area contributed by atoms with Crippen molar-refractivity contribution in [1.29, 1.82) is 0 Å². The summed E-state index contributed by atoms with van der Waals surface area (Å²) in [4.78, 5) is 0. The molecule has 2 aliphatic rings. The van der Waals surface area contributed by atoms with E-state index in [9.17, 15) is 13.5 Å². The van der Waals surface area contributed by atoms with E-state index in [1.807, 2.05) is 6.92 Å². The predicted molar refractivity (Wildman–Crippen MR) is 70.7 cm³/mol. The monoisotopic (exact) mass is 276 g/mol. The summed E-state index contributed by atoms with van der Waals surface area (Å²) in [6.45, 7) is 4.31. The van der Waals surface area contributed by atoms with Crippen LogP contribution in [0, 0.1) is 11.8 Å². The summed E-state index contributed by atoms with van der Waals surface area (Å²) in [5.41, 5.74) is 0. The molecule has 2 N–H and O–H groups in total. The molecule has 0 aliphatic carbocycles. The van der Waals surface area contributed by atoms with Gasteiger partial charge in [-0.25, -0.2) is 8.42 Å². The van der Waals surface area contributed by atoms with E-state index >= 15 is 0 Å². The predicted octanol–water partition coefficient (Wildman–Crippen LogP) is 0.0185. The van der Waals surface area contributed by atoms with Crippen LogP contribution in [0.2, 0.25) is 0 Å². The van der Waals surface area contributed by atoms with Crippen molar-refractivity contribution in [3.8, 4) is 0 Å². The van der Waals surface area contributed by atoms with Gasteiger partial charge < -0.3 is 10.4 Å². The molecule has 0 bridgehead atoms. The molecule has 0 radical (unpaired) electrons. The average Bonchev–Trinajstić information content (AvgIpc) is 2.72. The van der Waals surface area contributed by atoms with Crippen LogP contribution >= 0.6 is 0 Å². The van der Waals surface area contributed by atoms with Crippen LogP contribution in [0.25, 0.3) is 0 Å². The fourth-order valence-electron chi connectivity index (χ4n) is 3.05.